The molecule has 0 saturated carbocycles. The largest absolute Gasteiger partial charge is 0.380 e. The van der Waals surface area contributed by atoms with Gasteiger partial charge in [0.2, 0.25) is 5.91 Å². The van der Waals surface area contributed by atoms with E-state index in [1.807, 2.05) is 20.8 Å². The highest BCUT2D eigenvalue weighted by Crippen LogP contribution is 2.01. The van der Waals surface area contributed by atoms with Crippen molar-refractivity contribution in [1.82, 2.24) is 10.6 Å². The van der Waals surface area contributed by atoms with Gasteiger partial charge in [-0.25, -0.2) is 0 Å². The third-order valence-electron chi connectivity index (χ3n) is 2.65. The second-order valence-electron chi connectivity index (χ2n) is 5.02. The lowest BCUT2D eigenvalue weighted by Crippen LogP contribution is -2.32. The Morgan fingerprint density at radius 3 is 2.26 bits per heavy atom. The Morgan fingerprint density at radius 1 is 1.11 bits per heavy atom. The van der Waals surface area contributed by atoms with Crippen LogP contribution in [0.15, 0.2) is 24.4 Å². The Kier molecular flexibility index (Phi) is 8.58. The summed E-state index contributed by atoms with van der Waals surface area (Å²) in [4.78, 5) is 23.2. The molecule has 1 unspecified atom stereocenters. The third kappa shape index (κ3) is 10.1. The fourth-order valence-corrected chi connectivity index (χ4v) is 1.59. The monoisotopic (exact) mass is 266 g/mol. The molecule has 0 aromatic heterocycles. The maximum atomic E-state index is 11.7. The number of Topliss-reactive ketones (excluding diaryl/α,β-unsaturated/α-hetero) is 1. The Bertz CT molecular complexity index is 348. The van der Waals surface area contributed by atoms with Gasteiger partial charge in [0, 0.05) is 25.1 Å². The summed E-state index contributed by atoms with van der Waals surface area (Å²) >= 11 is 0. The summed E-state index contributed by atoms with van der Waals surface area (Å²) in [5.41, 5.74) is 1.83. The van der Waals surface area contributed by atoms with Gasteiger partial charge >= 0.3 is 0 Å². The molecular formula is C15H26N2O2. The van der Waals surface area contributed by atoms with Gasteiger partial charge in [-0.2, -0.15) is 0 Å². The van der Waals surface area contributed by atoms with Crippen LogP contribution in [0.4, 0.5) is 0 Å². The van der Waals surface area contributed by atoms with Crippen molar-refractivity contribution in [2.45, 2.75) is 52.5 Å². The van der Waals surface area contributed by atoms with Gasteiger partial charge in [-0.15, -0.1) is 6.58 Å². The summed E-state index contributed by atoms with van der Waals surface area (Å²) in [5.74, 6) is 0.104. The molecular weight excluding hydrogens is 240 g/mol. The first-order valence-corrected chi connectivity index (χ1v) is 6.68. The first-order valence-electron chi connectivity index (χ1n) is 6.68. The van der Waals surface area contributed by atoms with Crippen LogP contribution in [0.1, 0.15) is 46.5 Å². The molecule has 0 aliphatic heterocycles. The van der Waals surface area contributed by atoms with E-state index in [0.717, 1.165) is 17.7 Å². The van der Waals surface area contributed by atoms with Crippen LogP contribution < -0.4 is 10.6 Å². The van der Waals surface area contributed by atoms with Crippen molar-refractivity contribution in [3.63, 3.8) is 0 Å². The van der Waals surface area contributed by atoms with Crippen LogP contribution in [-0.4, -0.2) is 24.3 Å². The molecule has 0 radical (unpaired) electrons. The number of hydrogen-bond acceptors (Lipinski definition) is 3. The average molecular weight is 266 g/mol. The van der Waals surface area contributed by atoms with Gasteiger partial charge in [0.1, 0.15) is 0 Å². The number of carbonyl (C=O) groups is 2. The van der Waals surface area contributed by atoms with Crippen LogP contribution in [0.3, 0.4) is 0 Å². The van der Waals surface area contributed by atoms with Crippen molar-refractivity contribution < 1.29 is 9.59 Å². The van der Waals surface area contributed by atoms with Gasteiger partial charge in [0.05, 0.1) is 6.04 Å². The van der Waals surface area contributed by atoms with Crippen LogP contribution in [0.2, 0.25) is 0 Å². The molecule has 2 N–H and O–H groups in total. The molecule has 4 nitrogen and oxygen atoms in total. The predicted molar refractivity (Wildman–Crippen MR) is 78.7 cm³/mol. The standard InChI is InChI=1S/C15H26N2O2/c1-11(2)9-10-16-15(19)8-6-7-14(18)13(5)17-12(3)4/h13,17H,1,3,6-10H2,2,4-5H3,(H,16,19). The van der Waals surface area contributed by atoms with Crippen LogP contribution in [0.25, 0.3) is 0 Å². The minimum atomic E-state index is -0.232. The Hall–Kier alpha value is -1.58. The van der Waals surface area contributed by atoms with Crippen LogP contribution in [0, 0.1) is 0 Å². The molecule has 0 aliphatic rings. The Labute approximate surface area is 116 Å². The van der Waals surface area contributed by atoms with E-state index in [1.165, 1.54) is 0 Å². The average Bonchev–Trinajstić information content (AvgIpc) is 2.27. The van der Waals surface area contributed by atoms with E-state index in [1.54, 1.807) is 0 Å². The number of allylic oxidation sites excluding steroid dienone is 1. The van der Waals surface area contributed by atoms with Crippen molar-refractivity contribution in [2.24, 2.45) is 0 Å². The normalized spacial score (nSPS) is 11.5. The first-order chi connectivity index (χ1) is 8.82. The lowest BCUT2D eigenvalue weighted by molar-refractivity contribution is -0.122. The molecule has 4 heteroatoms. The minimum Gasteiger partial charge on any atom is -0.380 e. The molecule has 1 amide bonds. The van der Waals surface area contributed by atoms with E-state index in [9.17, 15) is 9.59 Å². The van der Waals surface area contributed by atoms with E-state index in [-0.39, 0.29) is 17.7 Å². The molecule has 0 spiro atoms. The quantitative estimate of drug-likeness (QED) is 0.597. The molecule has 19 heavy (non-hydrogen) atoms. The zero-order chi connectivity index (χ0) is 14.8. The van der Waals surface area contributed by atoms with Gasteiger partial charge in [0.25, 0.3) is 0 Å². The summed E-state index contributed by atoms with van der Waals surface area (Å²) in [6, 6.07) is -0.232. The second-order valence-corrected chi connectivity index (χ2v) is 5.02. The topological polar surface area (TPSA) is 58.2 Å². The van der Waals surface area contributed by atoms with Crippen molar-refractivity contribution in [3.8, 4) is 0 Å². The maximum absolute atomic E-state index is 11.7. The summed E-state index contributed by atoms with van der Waals surface area (Å²) in [5, 5.41) is 5.78. The summed E-state index contributed by atoms with van der Waals surface area (Å²) in [6.07, 6.45) is 2.18. The van der Waals surface area contributed by atoms with Crippen molar-refractivity contribution in [3.05, 3.63) is 24.4 Å². The number of carbonyl (C=O) groups excluding carboxylic acids is 2. The minimum absolute atomic E-state index is 0.00503. The predicted octanol–water partition coefficient (Wildman–Crippen LogP) is 2.32. The van der Waals surface area contributed by atoms with Gasteiger partial charge in [-0.05, 0) is 33.6 Å². The van der Waals surface area contributed by atoms with E-state index >= 15 is 0 Å². The molecule has 0 bridgehead atoms. The van der Waals surface area contributed by atoms with Crippen LogP contribution in [0.5, 0.6) is 0 Å². The highest BCUT2D eigenvalue weighted by molar-refractivity contribution is 5.84. The molecule has 0 aliphatic carbocycles. The smallest absolute Gasteiger partial charge is 0.220 e. The maximum Gasteiger partial charge on any atom is 0.220 e. The number of hydrogen-bond donors (Lipinski definition) is 2. The zero-order valence-electron chi connectivity index (χ0n) is 12.3. The van der Waals surface area contributed by atoms with Crippen molar-refractivity contribution in [1.29, 1.82) is 0 Å². The van der Waals surface area contributed by atoms with Gasteiger partial charge in [0.15, 0.2) is 5.78 Å². The second kappa shape index (κ2) is 9.36. The number of ketones is 1. The van der Waals surface area contributed by atoms with Crippen molar-refractivity contribution in [2.75, 3.05) is 6.54 Å². The van der Waals surface area contributed by atoms with E-state index in [4.69, 9.17) is 0 Å². The molecule has 0 saturated heterocycles. The molecule has 0 heterocycles. The van der Waals surface area contributed by atoms with E-state index < -0.39 is 0 Å². The molecule has 108 valence electrons. The van der Waals surface area contributed by atoms with Crippen LogP contribution >= 0.6 is 0 Å². The fraction of sp³-hybridized carbons (Fsp3) is 0.600. The highest BCUT2D eigenvalue weighted by atomic mass is 16.1. The molecule has 0 aromatic rings. The van der Waals surface area contributed by atoms with E-state index in [2.05, 4.69) is 23.8 Å². The highest BCUT2D eigenvalue weighted by Gasteiger charge is 2.12. The van der Waals surface area contributed by atoms with E-state index in [0.29, 0.717) is 25.8 Å². The van der Waals surface area contributed by atoms with Gasteiger partial charge in [-0.3, -0.25) is 9.59 Å². The lowest BCUT2D eigenvalue weighted by Gasteiger charge is -2.13. The number of rotatable bonds is 10. The molecule has 0 rings (SSSR count). The lowest BCUT2D eigenvalue weighted by atomic mass is 10.1. The summed E-state index contributed by atoms with van der Waals surface area (Å²) in [7, 11) is 0. The number of amides is 1. The Morgan fingerprint density at radius 2 is 1.74 bits per heavy atom. The zero-order valence-corrected chi connectivity index (χ0v) is 12.3. The molecule has 0 aromatic carbocycles. The molecule has 1 atom stereocenters. The summed E-state index contributed by atoms with van der Waals surface area (Å²) < 4.78 is 0. The fourth-order valence-electron chi connectivity index (χ4n) is 1.59. The Balaban J connectivity index is 3.72. The first kappa shape index (κ1) is 17.4. The van der Waals surface area contributed by atoms with Crippen molar-refractivity contribution >= 4 is 11.7 Å². The van der Waals surface area contributed by atoms with Gasteiger partial charge in [-0.1, -0.05) is 12.2 Å². The van der Waals surface area contributed by atoms with Crippen LogP contribution in [-0.2, 0) is 9.59 Å². The third-order valence-corrected chi connectivity index (χ3v) is 2.65. The molecule has 0 fully saturated rings. The number of nitrogens with one attached hydrogen (secondary N) is 2. The SMILES string of the molecule is C=C(C)CCNC(=O)CCCC(=O)C(C)NC(=C)C. The summed E-state index contributed by atoms with van der Waals surface area (Å²) in [6.45, 7) is 13.6. The van der Waals surface area contributed by atoms with Gasteiger partial charge < -0.3 is 10.6 Å².